The number of guanidine groups is 1. The number of likely N-dealkylation sites (N-methyl/N-ethyl adjacent to an activating group) is 1. The number of para-hydroxylation sites is 1. The summed E-state index contributed by atoms with van der Waals surface area (Å²) in [5, 5.41) is 6.91. The van der Waals surface area contributed by atoms with Crippen LogP contribution in [0.25, 0.3) is 0 Å². The Kier molecular flexibility index (Phi) is 8.06. The summed E-state index contributed by atoms with van der Waals surface area (Å²) in [7, 11) is 7.90. The van der Waals surface area contributed by atoms with Gasteiger partial charge in [0.05, 0.1) is 7.11 Å². The summed E-state index contributed by atoms with van der Waals surface area (Å²) in [6.45, 7) is 1.61. The van der Waals surface area contributed by atoms with Crippen LogP contribution in [0.1, 0.15) is 37.7 Å². The zero-order valence-electron chi connectivity index (χ0n) is 16.2. The molecule has 2 rings (SSSR count). The van der Waals surface area contributed by atoms with Crippen molar-refractivity contribution in [1.82, 2.24) is 15.5 Å². The summed E-state index contributed by atoms with van der Waals surface area (Å²) in [5.74, 6) is 2.52. The number of aliphatic imine (C=N–C) groups is 1. The molecule has 0 saturated heterocycles. The Morgan fingerprint density at radius 3 is 2.56 bits per heavy atom. The van der Waals surface area contributed by atoms with Crippen LogP contribution in [0.4, 0.5) is 0 Å². The molecule has 1 atom stereocenters. The van der Waals surface area contributed by atoms with Crippen molar-refractivity contribution in [3.05, 3.63) is 29.8 Å². The predicted molar refractivity (Wildman–Crippen MR) is 105 cm³/mol. The van der Waals surface area contributed by atoms with Crippen molar-refractivity contribution in [3.8, 4) is 5.75 Å². The lowest BCUT2D eigenvalue weighted by atomic mass is 9.83. The number of methoxy groups -OCH3 is 1. The van der Waals surface area contributed by atoms with E-state index in [4.69, 9.17) is 4.74 Å². The Hall–Kier alpha value is -1.75. The number of benzene rings is 1. The Morgan fingerprint density at radius 2 is 1.92 bits per heavy atom. The highest BCUT2D eigenvalue weighted by molar-refractivity contribution is 5.79. The van der Waals surface area contributed by atoms with Crippen molar-refractivity contribution in [1.29, 1.82) is 0 Å². The van der Waals surface area contributed by atoms with E-state index in [-0.39, 0.29) is 0 Å². The zero-order chi connectivity index (χ0) is 18.1. The lowest BCUT2D eigenvalue weighted by Crippen LogP contribution is -2.48. The molecule has 0 amide bonds. The molecule has 1 fully saturated rings. The average Bonchev–Trinajstić information content (AvgIpc) is 2.65. The van der Waals surface area contributed by atoms with Gasteiger partial charge in [-0.05, 0) is 38.9 Å². The fourth-order valence-electron chi connectivity index (χ4n) is 3.74. The topological polar surface area (TPSA) is 48.9 Å². The Balaban J connectivity index is 1.88. The molecule has 0 heterocycles. The number of hydrogen-bond acceptors (Lipinski definition) is 3. The van der Waals surface area contributed by atoms with Crippen molar-refractivity contribution in [2.45, 2.75) is 44.7 Å². The fourth-order valence-corrected chi connectivity index (χ4v) is 3.74. The smallest absolute Gasteiger partial charge is 0.191 e. The molecule has 5 heteroatoms. The van der Waals surface area contributed by atoms with Gasteiger partial charge in [0.1, 0.15) is 5.75 Å². The quantitative estimate of drug-likeness (QED) is 0.589. The van der Waals surface area contributed by atoms with Crippen LogP contribution in [0, 0.1) is 5.92 Å². The minimum absolute atomic E-state index is 0.546. The lowest BCUT2D eigenvalue weighted by molar-refractivity contribution is 0.171. The van der Waals surface area contributed by atoms with Gasteiger partial charge in [-0.1, -0.05) is 37.5 Å². The van der Waals surface area contributed by atoms with Gasteiger partial charge in [0.15, 0.2) is 5.96 Å². The summed E-state index contributed by atoms with van der Waals surface area (Å²) in [4.78, 5) is 6.73. The van der Waals surface area contributed by atoms with E-state index < -0.39 is 0 Å². The fraction of sp³-hybridized carbons (Fsp3) is 0.650. The first-order valence-electron chi connectivity index (χ1n) is 9.38. The normalized spacial score (nSPS) is 17.4. The van der Waals surface area contributed by atoms with E-state index in [1.807, 2.05) is 25.2 Å². The molecule has 1 unspecified atom stereocenters. The second-order valence-corrected chi connectivity index (χ2v) is 7.05. The Bertz CT molecular complexity index is 538. The van der Waals surface area contributed by atoms with E-state index in [0.29, 0.717) is 12.6 Å². The van der Waals surface area contributed by atoms with Crippen LogP contribution in [0.3, 0.4) is 0 Å². The zero-order valence-corrected chi connectivity index (χ0v) is 16.2. The van der Waals surface area contributed by atoms with E-state index >= 15 is 0 Å². The standard InChI is InChI=1S/C20H34N4O/c1-21-20(22-14-17-12-8-9-13-19(17)25-4)23-15-18(24(2)3)16-10-6-5-7-11-16/h8-9,12-13,16,18H,5-7,10-11,14-15H2,1-4H3,(H2,21,22,23). The number of nitrogens with zero attached hydrogens (tertiary/aromatic N) is 2. The molecule has 0 radical (unpaired) electrons. The monoisotopic (exact) mass is 346 g/mol. The van der Waals surface area contributed by atoms with E-state index in [1.165, 1.54) is 32.1 Å². The van der Waals surface area contributed by atoms with Gasteiger partial charge in [0.25, 0.3) is 0 Å². The van der Waals surface area contributed by atoms with Gasteiger partial charge < -0.3 is 20.3 Å². The predicted octanol–water partition coefficient (Wildman–Crippen LogP) is 2.87. The molecule has 1 saturated carbocycles. The van der Waals surface area contributed by atoms with Crippen LogP contribution < -0.4 is 15.4 Å². The largest absolute Gasteiger partial charge is 0.496 e. The second-order valence-electron chi connectivity index (χ2n) is 7.05. The summed E-state index contributed by atoms with van der Waals surface area (Å²) >= 11 is 0. The van der Waals surface area contributed by atoms with Crippen LogP contribution in [-0.4, -0.2) is 51.7 Å². The molecule has 5 nitrogen and oxygen atoms in total. The van der Waals surface area contributed by atoms with Crippen molar-refractivity contribution in [2.75, 3.05) is 34.8 Å². The number of rotatable bonds is 7. The SMILES string of the molecule is CN=C(NCc1ccccc1OC)NCC(C1CCCCC1)N(C)C. The first kappa shape index (κ1) is 19.6. The molecule has 1 aromatic rings. The summed E-state index contributed by atoms with van der Waals surface area (Å²) < 4.78 is 5.41. The van der Waals surface area contributed by atoms with Crippen LogP contribution in [-0.2, 0) is 6.54 Å². The second kappa shape index (κ2) is 10.3. The van der Waals surface area contributed by atoms with Crippen molar-refractivity contribution in [3.63, 3.8) is 0 Å². The van der Waals surface area contributed by atoms with E-state index in [2.05, 4.69) is 40.7 Å². The molecule has 1 aromatic carbocycles. The molecule has 2 N–H and O–H groups in total. The van der Waals surface area contributed by atoms with Crippen LogP contribution in [0.5, 0.6) is 5.75 Å². The molecule has 0 spiro atoms. The first-order valence-corrected chi connectivity index (χ1v) is 9.38. The molecule has 0 aromatic heterocycles. The van der Waals surface area contributed by atoms with Crippen LogP contribution >= 0.6 is 0 Å². The minimum Gasteiger partial charge on any atom is -0.496 e. The molecular weight excluding hydrogens is 312 g/mol. The molecule has 140 valence electrons. The van der Waals surface area contributed by atoms with Crippen molar-refractivity contribution >= 4 is 5.96 Å². The van der Waals surface area contributed by atoms with Gasteiger partial charge in [-0.15, -0.1) is 0 Å². The molecule has 0 aliphatic heterocycles. The molecular formula is C20H34N4O. The molecule has 1 aliphatic rings. The third-order valence-corrected chi connectivity index (χ3v) is 5.20. The molecule has 25 heavy (non-hydrogen) atoms. The highest BCUT2D eigenvalue weighted by Crippen LogP contribution is 2.28. The van der Waals surface area contributed by atoms with Gasteiger partial charge >= 0.3 is 0 Å². The van der Waals surface area contributed by atoms with Gasteiger partial charge in [0.2, 0.25) is 0 Å². The van der Waals surface area contributed by atoms with Gasteiger partial charge in [-0.25, -0.2) is 0 Å². The maximum atomic E-state index is 5.41. The van der Waals surface area contributed by atoms with Crippen LogP contribution in [0.15, 0.2) is 29.3 Å². The van der Waals surface area contributed by atoms with Gasteiger partial charge in [-0.3, -0.25) is 4.99 Å². The van der Waals surface area contributed by atoms with Gasteiger partial charge in [-0.2, -0.15) is 0 Å². The maximum absolute atomic E-state index is 5.41. The van der Waals surface area contributed by atoms with E-state index in [9.17, 15) is 0 Å². The lowest BCUT2D eigenvalue weighted by Gasteiger charge is -2.35. The van der Waals surface area contributed by atoms with Crippen LogP contribution in [0.2, 0.25) is 0 Å². The summed E-state index contributed by atoms with van der Waals surface area (Å²) in [6.07, 6.45) is 6.83. The Morgan fingerprint density at radius 1 is 1.20 bits per heavy atom. The number of ether oxygens (including phenoxy) is 1. The summed E-state index contributed by atoms with van der Waals surface area (Å²) in [6, 6.07) is 8.62. The highest BCUT2D eigenvalue weighted by Gasteiger charge is 2.25. The van der Waals surface area contributed by atoms with Gasteiger partial charge in [0, 0.05) is 31.7 Å². The minimum atomic E-state index is 0.546. The maximum Gasteiger partial charge on any atom is 0.191 e. The number of nitrogens with one attached hydrogen (secondary N) is 2. The summed E-state index contributed by atoms with van der Waals surface area (Å²) in [5.41, 5.74) is 1.13. The van der Waals surface area contributed by atoms with E-state index in [1.54, 1.807) is 7.11 Å². The third kappa shape index (κ3) is 5.92. The average molecular weight is 347 g/mol. The Labute approximate surface area is 152 Å². The molecule has 0 bridgehead atoms. The first-order chi connectivity index (χ1) is 12.2. The number of hydrogen-bond donors (Lipinski definition) is 2. The molecule has 1 aliphatic carbocycles. The third-order valence-electron chi connectivity index (χ3n) is 5.20. The highest BCUT2D eigenvalue weighted by atomic mass is 16.5. The van der Waals surface area contributed by atoms with Crippen molar-refractivity contribution < 1.29 is 4.74 Å². The van der Waals surface area contributed by atoms with Crippen molar-refractivity contribution in [2.24, 2.45) is 10.9 Å². The van der Waals surface area contributed by atoms with E-state index in [0.717, 1.165) is 29.7 Å².